The third-order valence-corrected chi connectivity index (χ3v) is 5.25. The number of ether oxygens (including phenoxy) is 1. The second kappa shape index (κ2) is 7.48. The summed E-state index contributed by atoms with van der Waals surface area (Å²) in [6.07, 6.45) is 1.22. The molecule has 2 aromatic rings. The number of pyridine rings is 2. The quantitative estimate of drug-likeness (QED) is 0.709. The van der Waals surface area contributed by atoms with Crippen LogP contribution in [0.5, 0.6) is 5.75 Å². The van der Waals surface area contributed by atoms with E-state index in [0.29, 0.717) is 13.0 Å². The van der Waals surface area contributed by atoms with E-state index in [1.165, 1.54) is 15.7 Å². The zero-order chi connectivity index (χ0) is 21.6. The zero-order valence-electron chi connectivity index (χ0n) is 15.9. The minimum atomic E-state index is -1.09. The summed E-state index contributed by atoms with van der Waals surface area (Å²) in [4.78, 5) is 42.4. The summed E-state index contributed by atoms with van der Waals surface area (Å²) < 4.78 is 33.5. The second-order valence-electron chi connectivity index (χ2n) is 7.16. The predicted octanol–water partition coefficient (Wildman–Crippen LogP) is 0.748. The van der Waals surface area contributed by atoms with E-state index in [2.05, 4.69) is 10.3 Å². The van der Waals surface area contributed by atoms with Crippen LogP contribution >= 0.6 is 0 Å². The first kappa shape index (κ1) is 20.0. The van der Waals surface area contributed by atoms with Gasteiger partial charge in [-0.15, -0.1) is 0 Å². The number of amides is 2. The Morgan fingerprint density at radius 3 is 2.87 bits per heavy atom. The molecule has 0 bridgehead atoms. The average Bonchev–Trinajstić information content (AvgIpc) is 2.69. The highest BCUT2D eigenvalue weighted by molar-refractivity contribution is 5.99. The van der Waals surface area contributed by atoms with Gasteiger partial charge in [-0.05, 0) is 25.5 Å². The first-order valence-corrected chi connectivity index (χ1v) is 9.27. The summed E-state index contributed by atoms with van der Waals surface area (Å²) in [6.45, 7) is 2.09. The van der Waals surface area contributed by atoms with Gasteiger partial charge in [0, 0.05) is 24.3 Å². The molecule has 0 aromatic carbocycles. The number of aromatic hydroxyl groups is 1. The van der Waals surface area contributed by atoms with Crippen LogP contribution in [0.25, 0.3) is 0 Å². The lowest BCUT2D eigenvalue weighted by atomic mass is 10.1. The molecule has 2 aromatic heterocycles. The van der Waals surface area contributed by atoms with E-state index in [4.69, 9.17) is 4.74 Å². The Morgan fingerprint density at radius 1 is 1.37 bits per heavy atom. The number of hydrogen-bond acceptors (Lipinski definition) is 6. The first-order chi connectivity index (χ1) is 14.3. The number of aromatic nitrogens is 2. The number of nitrogens with zero attached hydrogens (tertiary/aromatic N) is 3. The van der Waals surface area contributed by atoms with Crippen molar-refractivity contribution in [2.24, 2.45) is 0 Å². The van der Waals surface area contributed by atoms with Crippen molar-refractivity contribution < 1.29 is 28.2 Å². The van der Waals surface area contributed by atoms with Crippen LogP contribution in [0.1, 0.15) is 39.8 Å². The van der Waals surface area contributed by atoms with Gasteiger partial charge in [0.25, 0.3) is 11.8 Å². The van der Waals surface area contributed by atoms with Gasteiger partial charge in [0.05, 0.1) is 13.2 Å². The Morgan fingerprint density at radius 2 is 2.13 bits per heavy atom. The Bertz CT molecular complexity index is 1100. The van der Waals surface area contributed by atoms with Crippen molar-refractivity contribution in [2.45, 2.75) is 38.7 Å². The average molecular weight is 420 g/mol. The SMILES string of the molecule is C[C@@H]1CCO[C@H]2Cn3cc(C(=O)NCc4ccc(F)nc4F)c(=O)c(O)c3C(=O)N12. The lowest BCUT2D eigenvalue weighted by molar-refractivity contribution is -0.112. The van der Waals surface area contributed by atoms with Crippen molar-refractivity contribution in [2.75, 3.05) is 6.61 Å². The van der Waals surface area contributed by atoms with Crippen molar-refractivity contribution >= 4 is 11.8 Å². The molecule has 158 valence electrons. The number of carbonyl (C=O) groups is 2. The maximum atomic E-state index is 13.6. The van der Waals surface area contributed by atoms with Crippen molar-refractivity contribution in [1.29, 1.82) is 0 Å². The second-order valence-corrected chi connectivity index (χ2v) is 7.16. The number of nitrogens with one attached hydrogen (secondary N) is 1. The Hall–Kier alpha value is -3.34. The zero-order valence-corrected chi connectivity index (χ0v) is 15.9. The number of halogens is 2. The molecule has 2 atom stereocenters. The molecule has 1 fully saturated rings. The van der Waals surface area contributed by atoms with Crippen molar-refractivity contribution in [3.8, 4) is 5.75 Å². The molecular formula is C19H18F2N4O5. The van der Waals surface area contributed by atoms with Crippen LogP contribution in [0.3, 0.4) is 0 Å². The molecule has 0 unspecified atom stereocenters. The van der Waals surface area contributed by atoms with Crippen LogP contribution in [0.2, 0.25) is 0 Å². The Balaban J connectivity index is 1.63. The van der Waals surface area contributed by atoms with Gasteiger partial charge < -0.3 is 24.6 Å². The van der Waals surface area contributed by atoms with E-state index < -0.39 is 46.7 Å². The summed E-state index contributed by atoms with van der Waals surface area (Å²) >= 11 is 0. The predicted molar refractivity (Wildman–Crippen MR) is 97.7 cm³/mol. The third-order valence-electron chi connectivity index (χ3n) is 5.25. The Labute approximate surface area is 168 Å². The number of carbonyl (C=O) groups excluding carboxylic acids is 2. The van der Waals surface area contributed by atoms with Gasteiger partial charge in [0.1, 0.15) is 5.56 Å². The normalized spacial score (nSPS) is 20.5. The first-order valence-electron chi connectivity index (χ1n) is 9.27. The van der Waals surface area contributed by atoms with Crippen molar-refractivity contribution in [3.63, 3.8) is 0 Å². The fourth-order valence-electron chi connectivity index (χ4n) is 3.66. The Kier molecular flexibility index (Phi) is 4.98. The minimum absolute atomic E-state index is 0.0811. The molecule has 2 N–H and O–H groups in total. The molecule has 2 aliphatic rings. The molecule has 2 amide bonds. The molecule has 0 radical (unpaired) electrons. The van der Waals surface area contributed by atoms with E-state index in [1.54, 1.807) is 0 Å². The monoisotopic (exact) mass is 420 g/mol. The van der Waals surface area contributed by atoms with Gasteiger partial charge in [-0.3, -0.25) is 14.4 Å². The summed E-state index contributed by atoms with van der Waals surface area (Å²) in [6, 6.07) is 1.93. The maximum Gasteiger partial charge on any atom is 0.276 e. The number of rotatable bonds is 3. The van der Waals surface area contributed by atoms with E-state index in [9.17, 15) is 28.3 Å². The highest BCUT2D eigenvalue weighted by Gasteiger charge is 2.41. The van der Waals surface area contributed by atoms with Gasteiger partial charge in [-0.25, -0.2) is 0 Å². The van der Waals surface area contributed by atoms with Crippen molar-refractivity contribution in [3.05, 3.63) is 57.3 Å². The highest BCUT2D eigenvalue weighted by atomic mass is 19.1. The van der Waals surface area contributed by atoms with Crippen LogP contribution in [-0.2, 0) is 17.8 Å². The smallest absolute Gasteiger partial charge is 0.276 e. The fraction of sp³-hybridized carbons (Fsp3) is 0.368. The minimum Gasteiger partial charge on any atom is -0.503 e. The van der Waals surface area contributed by atoms with E-state index in [0.717, 1.165) is 12.1 Å². The van der Waals surface area contributed by atoms with Crippen molar-refractivity contribution in [1.82, 2.24) is 19.8 Å². The van der Waals surface area contributed by atoms with Gasteiger partial charge in [0.15, 0.2) is 17.7 Å². The molecule has 9 nitrogen and oxygen atoms in total. The topological polar surface area (TPSA) is 114 Å². The largest absolute Gasteiger partial charge is 0.503 e. The summed E-state index contributed by atoms with van der Waals surface area (Å²) in [7, 11) is 0. The molecule has 4 heterocycles. The lowest BCUT2D eigenvalue weighted by Gasteiger charge is -2.44. The van der Waals surface area contributed by atoms with Gasteiger partial charge in [0.2, 0.25) is 17.3 Å². The van der Waals surface area contributed by atoms with Gasteiger partial charge >= 0.3 is 0 Å². The number of hydrogen-bond donors (Lipinski definition) is 2. The molecule has 0 aliphatic carbocycles. The molecule has 0 spiro atoms. The van der Waals surface area contributed by atoms with Crippen LogP contribution in [0.15, 0.2) is 23.1 Å². The molecule has 2 aliphatic heterocycles. The standard InChI is InChI=1S/C19H18F2N4O5/c1-9-4-5-30-13-8-24-7-11(15(26)16(27)14(24)19(29)25(9)13)18(28)22-6-10-2-3-12(20)23-17(10)21/h2-3,7,9,13,27H,4-6,8H2,1H3,(H,22,28)/t9-,13+/m1/s1. The summed E-state index contributed by atoms with van der Waals surface area (Å²) in [5, 5.41) is 12.7. The summed E-state index contributed by atoms with van der Waals surface area (Å²) in [5.41, 5.74) is -1.73. The van der Waals surface area contributed by atoms with E-state index >= 15 is 0 Å². The third kappa shape index (κ3) is 3.30. The van der Waals surface area contributed by atoms with Crippen LogP contribution in [0, 0.1) is 11.9 Å². The molecule has 30 heavy (non-hydrogen) atoms. The van der Waals surface area contributed by atoms with Crippen LogP contribution in [-0.4, -0.2) is 50.2 Å². The van der Waals surface area contributed by atoms with Gasteiger partial charge in [-0.1, -0.05) is 0 Å². The fourth-order valence-corrected chi connectivity index (χ4v) is 3.66. The van der Waals surface area contributed by atoms with Gasteiger partial charge in [-0.2, -0.15) is 13.8 Å². The van der Waals surface area contributed by atoms with Crippen LogP contribution in [0.4, 0.5) is 8.78 Å². The van der Waals surface area contributed by atoms with E-state index in [-0.39, 0.29) is 30.4 Å². The maximum absolute atomic E-state index is 13.6. The molecule has 1 saturated heterocycles. The molecular weight excluding hydrogens is 402 g/mol. The summed E-state index contributed by atoms with van der Waals surface area (Å²) in [5.74, 6) is -4.37. The van der Waals surface area contributed by atoms with Crippen LogP contribution < -0.4 is 10.7 Å². The van der Waals surface area contributed by atoms with E-state index in [1.807, 2.05) is 6.92 Å². The molecule has 0 saturated carbocycles. The number of fused-ring (bicyclic) bond motifs is 2. The lowest BCUT2D eigenvalue weighted by Crippen LogP contribution is -2.57. The molecule has 11 heteroatoms. The molecule has 4 rings (SSSR count). The highest BCUT2D eigenvalue weighted by Crippen LogP contribution is 2.29.